The van der Waals surface area contributed by atoms with E-state index in [0.29, 0.717) is 6.54 Å². The molecule has 3 nitrogen and oxygen atoms in total. The van der Waals surface area contributed by atoms with Crippen molar-refractivity contribution in [2.75, 3.05) is 18.5 Å². The van der Waals surface area contributed by atoms with E-state index in [9.17, 15) is 5.11 Å². The lowest BCUT2D eigenvalue weighted by atomic mass is 9.95. The highest BCUT2D eigenvalue weighted by atomic mass is 16.5. The van der Waals surface area contributed by atoms with Crippen molar-refractivity contribution >= 4 is 5.69 Å². The number of anilines is 1. The van der Waals surface area contributed by atoms with E-state index in [1.54, 1.807) is 0 Å². The average molecular weight is 271 g/mol. The zero-order valence-corrected chi connectivity index (χ0v) is 12.0. The Morgan fingerprint density at radius 2 is 1.65 bits per heavy atom. The molecule has 0 radical (unpaired) electrons. The summed E-state index contributed by atoms with van der Waals surface area (Å²) in [5.74, 6) is 1.59. The lowest BCUT2D eigenvalue weighted by Gasteiger charge is -2.23. The van der Waals surface area contributed by atoms with Crippen LogP contribution >= 0.6 is 0 Å². The number of nitrogens with one attached hydrogen (secondary N) is 1. The minimum absolute atomic E-state index is 0.141. The summed E-state index contributed by atoms with van der Waals surface area (Å²) < 4.78 is 5.88. The first-order valence-electron chi connectivity index (χ1n) is 6.77. The molecule has 0 fully saturated rings. The van der Waals surface area contributed by atoms with Gasteiger partial charge >= 0.3 is 0 Å². The fourth-order valence-electron chi connectivity index (χ4n) is 1.71. The first-order valence-corrected chi connectivity index (χ1v) is 6.77. The molecule has 3 heteroatoms. The van der Waals surface area contributed by atoms with Crippen LogP contribution in [0.3, 0.4) is 0 Å². The molecule has 2 rings (SSSR count). The highest BCUT2D eigenvalue weighted by molar-refractivity contribution is 5.57. The number of rotatable bonds is 6. The summed E-state index contributed by atoms with van der Waals surface area (Å²) in [6.07, 6.45) is 0. The smallest absolute Gasteiger partial charge is 0.150 e. The summed E-state index contributed by atoms with van der Waals surface area (Å²) >= 11 is 0. The normalized spacial score (nSPS) is 11.2. The van der Waals surface area contributed by atoms with Crippen molar-refractivity contribution in [2.24, 2.45) is 5.41 Å². The molecule has 2 aromatic rings. The van der Waals surface area contributed by atoms with E-state index in [1.165, 1.54) is 0 Å². The van der Waals surface area contributed by atoms with E-state index in [1.807, 2.05) is 68.4 Å². The molecule has 106 valence electrons. The van der Waals surface area contributed by atoms with Gasteiger partial charge in [-0.05, 0) is 24.3 Å². The third-order valence-corrected chi connectivity index (χ3v) is 3.04. The Bertz CT molecular complexity index is 538. The number of benzene rings is 2. The highest BCUT2D eigenvalue weighted by Crippen LogP contribution is 2.29. The number of ether oxygens (including phenoxy) is 1. The van der Waals surface area contributed by atoms with Gasteiger partial charge in [0.1, 0.15) is 5.75 Å². The fraction of sp³-hybridized carbons (Fsp3) is 0.294. The summed E-state index contributed by atoms with van der Waals surface area (Å²) in [7, 11) is 0. The monoisotopic (exact) mass is 271 g/mol. The standard InChI is InChI=1S/C17H21NO2/c1-17(2,13-19)12-18-15-10-6-7-11-16(15)20-14-8-4-3-5-9-14/h3-11,18-19H,12-13H2,1-2H3. The fourth-order valence-corrected chi connectivity index (χ4v) is 1.71. The van der Waals surface area contributed by atoms with Crippen LogP contribution in [0.5, 0.6) is 11.5 Å². The van der Waals surface area contributed by atoms with Gasteiger partial charge in [0.2, 0.25) is 0 Å². The summed E-state index contributed by atoms with van der Waals surface area (Å²) in [6.45, 7) is 4.85. The van der Waals surface area contributed by atoms with Gasteiger partial charge in [-0.1, -0.05) is 44.2 Å². The predicted molar refractivity (Wildman–Crippen MR) is 82.3 cm³/mol. The molecule has 0 atom stereocenters. The van der Waals surface area contributed by atoms with Crippen molar-refractivity contribution in [3.05, 3.63) is 54.6 Å². The maximum Gasteiger partial charge on any atom is 0.150 e. The van der Waals surface area contributed by atoms with Crippen molar-refractivity contribution in [1.82, 2.24) is 0 Å². The molecule has 2 aromatic carbocycles. The zero-order valence-electron chi connectivity index (χ0n) is 12.0. The van der Waals surface area contributed by atoms with E-state index in [-0.39, 0.29) is 12.0 Å². The number of hydrogen-bond donors (Lipinski definition) is 2. The number of aliphatic hydroxyl groups excluding tert-OH is 1. The maximum absolute atomic E-state index is 9.31. The Labute approximate surface area is 120 Å². The van der Waals surface area contributed by atoms with Gasteiger partial charge < -0.3 is 15.2 Å². The average Bonchev–Trinajstić information content (AvgIpc) is 2.47. The van der Waals surface area contributed by atoms with Gasteiger partial charge in [0.25, 0.3) is 0 Å². The molecule has 0 aliphatic carbocycles. The third-order valence-electron chi connectivity index (χ3n) is 3.04. The van der Waals surface area contributed by atoms with Crippen LogP contribution in [0.15, 0.2) is 54.6 Å². The van der Waals surface area contributed by atoms with Crippen LogP contribution < -0.4 is 10.1 Å². The Morgan fingerprint density at radius 1 is 1.00 bits per heavy atom. The second kappa shape index (κ2) is 6.44. The van der Waals surface area contributed by atoms with Gasteiger partial charge in [0.15, 0.2) is 5.75 Å². The molecule has 0 aliphatic rings. The minimum atomic E-state index is -0.167. The molecule has 2 N–H and O–H groups in total. The highest BCUT2D eigenvalue weighted by Gasteiger charge is 2.16. The first-order chi connectivity index (χ1) is 9.61. The molecule has 0 amide bonds. The van der Waals surface area contributed by atoms with Gasteiger partial charge in [-0.2, -0.15) is 0 Å². The van der Waals surface area contributed by atoms with Gasteiger partial charge in [0.05, 0.1) is 5.69 Å². The Balaban J connectivity index is 2.10. The summed E-state index contributed by atoms with van der Waals surface area (Å²) in [5.41, 5.74) is 0.762. The number of para-hydroxylation sites is 3. The van der Waals surface area contributed by atoms with E-state index >= 15 is 0 Å². The van der Waals surface area contributed by atoms with Crippen LogP contribution in [-0.4, -0.2) is 18.3 Å². The second-order valence-electron chi connectivity index (χ2n) is 5.59. The quantitative estimate of drug-likeness (QED) is 0.837. The SMILES string of the molecule is CC(C)(CO)CNc1ccccc1Oc1ccccc1. The van der Waals surface area contributed by atoms with E-state index < -0.39 is 0 Å². The van der Waals surface area contributed by atoms with Gasteiger partial charge in [-0.15, -0.1) is 0 Å². The first kappa shape index (κ1) is 14.4. The number of aliphatic hydroxyl groups is 1. The molecule has 0 unspecified atom stereocenters. The lowest BCUT2D eigenvalue weighted by molar-refractivity contribution is 0.171. The molecule has 0 bridgehead atoms. The van der Waals surface area contributed by atoms with Crippen LogP contribution in [0.2, 0.25) is 0 Å². The second-order valence-corrected chi connectivity index (χ2v) is 5.59. The molecular weight excluding hydrogens is 250 g/mol. The Kier molecular flexibility index (Phi) is 4.64. The molecule has 0 heterocycles. The van der Waals surface area contributed by atoms with Crippen molar-refractivity contribution in [1.29, 1.82) is 0 Å². The van der Waals surface area contributed by atoms with E-state index in [2.05, 4.69) is 5.32 Å². The molecular formula is C17H21NO2. The van der Waals surface area contributed by atoms with Crippen LogP contribution in [0.25, 0.3) is 0 Å². The van der Waals surface area contributed by atoms with Crippen LogP contribution in [-0.2, 0) is 0 Å². The van der Waals surface area contributed by atoms with Crippen LogP contribution in [0, 0.1) is 5.41 Å². The van der Waals surface area contributed by atoms with Crippen molar-refractivity contribution in [3.8, 4) is 11.5 Å². The summed E-state index contributed by atoms with van der Waals surface area (Å²) in [5, 5.41) is 12.6. The third kappa shape index (κ3) is 4.00. The topological polar surface area (TPSA) is 41.5 Å². The zero-order chi connectivity index (χ0) is 14.4. The summed E-state index contributed by atoms with van der Waals surface area (Å²) in [6, 6.07) is 17.5. The lowest BCUT2D eigenvalue weighted by Crippen LogP contribution is -2.26. The van der Waals surface area contributed by atoms with E-state index in [0.717, 1.165) is 17.2 Å². The molecule has 20 heavy (non-hydrogen) atoms. The Hall–Kier alpha value is -2.00. The molecule has 0 aliphatic heterocycles. The van der Waals surface area contributed by atoms with Crippen LogP contribution in [0.4, 0.5) is 5.69 Å². The van der Waals surface area contributed by atoms with Gasteiger partial charge in [-0.25, -0.2) is 0 Å². The Morgan fingerprint density at radius 3 is 2.35 bits per heavy atom. The van der Waals surface area contributed by atoms with Gasteiger partial charge in [0, 0.05) is 18.6 Å². The van der Waals surface area contributed by atoms with Crippen LogP contribution in [0.1, 0.15) is 13.8 Å². The molecule has 0 spiro atoms. The largest absolute Gasteiger partial charge is 0.455 e. The van der Waals surface area contributed by atoms with E-state index in [4.69, 9.17) is 4.74 Å². The van der Waals surface area contributed by atoms with Crippen molar-refractivity contribution < 1.29 is 9.84 Å². The van der Waals surface area contributed by atoms with Crippen molar-refractivity contribution in [2.45, 2.75) is 13.8 Å². The molecule has 0 saturated heterocycles. The van der Waals surface area contributed by atoms with Gasteiger partial charge in [-0.3, -0.25) is 0 Å². The molecule has 0 aromatic heterocycles. The number of hydrogen-bond acceptors (Lipinski definition) is 3. The summed E-state index contributed by atoms with van der Waals surface area (Å²) in [4.78, 5) is 0. The predicted octanol–water partition coefficient (Wildman–Crippen LogP) is 3.91. The maximum atomic E-state index is 9.31. The minimum Gasteiger partial charge on any atom is -0.455 e. The van der Waals surface area contributed by atoms with Crippen molar-refractivity contribution in [3.63, 3.8) is 0 Å². The molecule has 0 saturated carbocycles.